The van der Waals surface area contributed by atoms with E-state index in [-0.39, 0.29) is 23.5 Å². The Morgan fingerprint density at radius 2 is 1.43 bits per heavy atom. The monoisotopic (exact) mass is 504 g/mol. The molecule has 1 heterocycles. The second-order valence-corrected chi connectivity index (χ2v) is 9.98. The average molecular weight is 505 g/mol. The van der Waals surface area contributed by atoms with Gasteiger partial charge in [0, 0.05) is 33.8 Å². The molecular weight excluding hydrogens is 480 g/mol. The van der Waals surface area contributed by atoms with Crippen LogP contribution in [0.4, 0.5) is 11.4 Å². The van der Waals surface area contributed by atoms with Crippen LogP contribution < -0.4 is 10.6 Å². The summed E-state index contributed by atoms with van der Waals surface area (Å²) < 4.78 is 0. The molecule has 6 rings (SSSR count). The molecule has 1 aliphatic heterocycles. The molecule has 4 aromatic carbocycles. The Kier molecular flexibility index (Phi) is 6.11. The van der Waals surface area contributed by atoms with Gasteiger partial charge in [-0.25, -0.2) is 0 Å². The van der Waals surface area contributed by atoms with Crippen LogP contribution in [0.3, 0.4) is 0 Å². The van der Waals surface area contributed by atoms with E-state index in [4.69, 9.17) is 11.6 Å². The number of halogens is 1. The third kappa shape index (κ3) is 4.56. The van der Waals surface area contributed by atoms with Gasteiger partial charge in [-0.2, -0.15) is 0 Å². The number of nitrogens with one attached hydrogen (secondary N) is 2. The number of benzene rings is 4. The smallest absolute Gasteiger partial charge is 0.193 e. The number of allylic oxidation sites excluding steroid dienone is 1. The lowest BCUT2D eigenvalue weighted by Crippen LogP contribution is -2.26. The third-order valence-electron chi connectivity index (χ3n) is 7.17. The van der Waals surface area contributed by atoms with Crippen molar-refractivity contribution in [3.8, 4) is 0 Å². The second kappa shape index (κ2) is 9.72. The van der Waals surface area contributed by atoms with Crippen molar-refractivity contribution in [2.75, 3.05) is 10.6 Å². The van der Waals surface area contributed by atoms with Gasteiger partial charge in [-0.1, -0.05) is 84.4 Å². The highest BCUT2D eigenvalue weighted by molar-refractivity contribution is 6.30. The zero-order valence-corrected chi connectivity index (χ0v) is 20.8. The van der Waals surface area contributed by atoms with Gasteiger partial charge in [-0.05, 0) is 53.8 Å². The molecule has 2 aliphatic rings. The summed E-state index contributed by atoms with van der Waals surface area (Å²) >= 11 is 6.17. The first-order valence-corrected chi connectivity index (χ1v) is 12.8. The molecular formula is C32H25ClN2O2. The molecule has 1 aliphatic carbocycles. The molecule has 37 heavy (non-hydrogen) atoms. The lowest BCUT2D eigenvalue weighted by molar-refractivity contribution is -0.116. The van der Waals surface area contributed by atoms with E-state index in [0.717, 1.165) is 33.8 Å². The topological polar surface area (TPSA) is 58.2 Å². The highest BCUT2D eigenvalue weighted by Crippen LogP contribution is 2.44. The summed E-state index contributed by atoms with van der Waals surface area (Å²) in [5.74, 6) is 0.157. The first-order chi connectivity index (χ1) is 18.1. The van der Waals surface area contributed by atoms with Gasteiger partial charge in [0.05, 0.1) is 17.4 Å². The van der Waals surface area contributed by atoms with E-state index in [1.807, 2.05) is 91.0 Å². The van der Waals surface area contributed by atoms with Crippen molar-refractivity contribution < 1.29 is 9.59 Å². The Balaban J connectivity index is 1.44. The Hall–Kier alpha value is -4.15. The summed E-state index contributed by atoms with van der Waals surface area (Å²) in [6.45, 7) is 0. The Labute approximate surface area is 221 Å². The van der Waals surface area contributed by atoms with Gasteiger partial charge in [0.15, 0.2) is 11.6 Å². The van der Waals surface area contributed by atoms with Crippen molar-refractivity contribution in [2.45, 2.75) is 24.8 Å². The fraction of sp³-hybridized carbons (Fsp3) is 0.125. The van der Waals surface area contributed by atoms with E-state index in [0.29, 0.717) is 29.0 Å². The average Bonchev–Trinajstić information content (AvgIpc) is 3.10. The van der Waals surface area contributed by atoms with Crippen LogP contribution in [0.15, 0.2) is 114 Å². The number of anilines is 2. The van der Waals surface area contributed by atoms with Crippen molar-refractivity contribution in [3.63, 3.8) is 0 Å². The van der Waals surface area contributed by atoms with Crippen molar-refractivity contribution in [1.82, 2.24) is 0 Å². The highest BCUT2D eigenvalue weighted by atomic mass is 35.5. The van der Waals surface area contributed by atoms with Crippen LogP contribution in [-0.4, -0.2) is 11.6 Å². The SMILES string of the molecule is O=C1C[C@@H](c2ccccc2)CC2=C1[C@@H](c1ccc(Cl)cc1)Nc1ccc(C(=O)c3ccccc3)cc1N2. The van der Waals surface area contributed by atoms with Crippen molar-refractivity contribution in [1.29, 1.82) is 0 Å². The molecule has 0 saturated carbocycles. The predicted octanol–water partition coefficient (Wildman–Crippen LogP) is 7.55. The molecule has 0 radical (unpaired) electrons. The van der Waals surface area contributed by atoms with E-state index in [9.17, 15) is 9.59 Å². The summed E-state index contributed by atoms with van der Waals surface area (Å²) in [5, 5.41) is 7.80. The molecule has 0 bridgehead atoms. The number of hydrogen-bond donors (Lipinski definition) is 2. The summed E-state index contributed by atoms with van der Waals surface area (Å²) in [7, 11) is 0. The van der Waals surface area contributed by atoms with Crippen LogP contribution in [-0.2, 0) is 4.79 Å². The lowest BCUT2D eigenvalue weighted by atomic mass is 9.78. The normalized spacial score (nSPS) is 18.7. The fourth-order valence-electron chi connectivity index (χ4n) is 5.31. The summed E-state index contributed by atoms with van der Waals surface area (Å²) in [4.78, 5) is 26.9. The van der Waals surface area contributed by atoms with Gasteiger partial charge in [0.1, 0.15) is 0 Å². The molecule has 0 fully saturated rings. The van der Waals surface area contributed by atoms with Crippen LogP contribution in [0.5, 0.6) is 0 Å². The quantitative estimate of drug-likeness (QED) is 0.282. The van der Waals surface area contributed by atoms with E-state index >= 15 is 0 Å². The van der Waals surface area contributed by atoms with Gasteiger partial charge >= 0.3 is 0 Å². The second-order valence-electron chi connectivity index (χ2n) is 9.54. The molecule has 0 aromatic heterocycles. The van der Waals surface area contributed by atoms with E-state index in [1.165, 1.54) is 0 Å². The molecule has 5 heteroatoms. The third-order valence-corrected chi connectivity index (χ3v) is 7.43. The Morgan fingerprint density at radius 3 is 2.16 bits per heavy atom. The molecule has 2 N–H and O–H groups in total. The highest BCUT2D eigenvalue weighted by Gasteiger charge is 2.36. The number of ketones is 2. The Bertz CT molecular complexity index is 1510. The summed E-state index contributed by atoms with van der Waals surface area (Å²) in [6, 6.07) is 32.4. The standard InChI is InChI=1S/C32H25ClN2O2/c33-25-14-11-21(12-15-25)31-30-28(18-24(19-29(30)36)20-7-3-1-4-8-20)34-27-17-23(13-16-26(27)35-31)32(37)22-9-5-2-6-10-22/h1-17,24,31,34-35H,18-19H2/t24-,31+/m0/s1. The maximum atomic E-state index is 13.7. The minimum Gasteiger partial charge on any atom is -0.372 e. The van der Waals surface area contributed by atoms with Crippen LogP contribution in [0, 0.1) is 0 Å². The number of fused-ring (bicyclic) bond motifs is 1. The van der Waals surface area contributed by atoms with E-state index < -0.39 is 0 Å². The number of carbonyl (C=O) groups is 2. The maximum Gasteiger partial charge on any atom is 0.193 e. The lowest BCUT2D eigenvalue weighted by Gasteiger charge is -2.30. The molecule has 4 aromatic rings. The summed E-state index contributed by atoms with van der Waals surface area (Å²) in [5.41, 5.74) is 6.59. The van der Waals surface area contributed by atoms with E-state index in [1.54, 1.807) is 0 Å². The molecule has 0 saturated heterocycles. The molecule has 2 atom stereocenters. The largest absolute Gasteiger partial charge is 0.372 e. The van der Waals surface area contributed by atoms with E-state index in [2.05, 4.69) is 22.8 Å². The van der Waals surface area contributed by atoms with Gasteiger partial charge in [-0.3, -0.25) is 9.59 Å². The van der Waals surface area contributed by atoms with Crippen molar-refractivity contribution in [3.05, 3.63) is 142 Å². The van der Waals surface area contributed by atoms with Crippen LogP contribution in [0.2, 0.25) is 5.02 Å². The van der Waals surface area contributed by atoms with Crippen LogP contribution in [0.25, 0.3) is 0 Å². The zero-order chi connectivity index (χ0) is 25.4. The first-order valence-electron chi connectivity index (χ1n) is 12.4. The van der Waals surface area contributed by atoms with Gasteiger partial charge in [0.2, 0.25) is 0 Å². The molecule has 182 valence electrons. The number of carbonyl (C=O) groups excluding carboxylic acids is 2. The molecule has 0 unspecified atom stereocenters. The minimum atomic E-state index is -0.332. The Morgan fingerprint density at radius 1 is 0.730 bits per heavy atom. The molecule has 0 spiro atoms. The molecule has 0 amide bonds. The van der Waals surface area contributed by atoms with Crippen molar-refractivity contribution in [2.24, 2.45) is 0 Å². The predicted molar refractivity (Wildman–Crippen MR) is 148 cm³/mol. The summed E-state index contributed by atoms with van der Waals surface area (Å²) in [6.07, 6.45) is 1.15. The first kappa shape index (κ1) is 23.3. The van der Waals surface area contributed by atoms with Crippen LogP contribution >= 0.6 is 11.6 Å². The van der Waals surface area contributed by atoms with Crippen LogP contribution in [0.1, 0.15) is 51.8 Å². The number of Topliss-reactive ketones (excluding diaryl/α,β-unsaturated/α-hetero) is 1. The maximum absolute atomic E-state index is 13.7. The van der Waals surface area contributed by atoms with Crippen molar-refractivity contribution >= 4 is 34.5 Å². The van der Waals surface area contributed by atoms with Gasteiger partial charge < -0.3 is 10.6 Å². The fourth-order valence-corrected chi connectivity index (χ4v) is 5.44. The number of rotatable bonds is 4. The van der Waals surface area contributed by atoms with Gasteiger partial charge in [-0.15, -0.1) is 0 Å². The zero-order valence-electron chi connectivity index (χ0n) is 20.1. The van der Waals surface area contributed by atoms with Gasteiger partial charge in [0.25, 0.3) is 0 Å². The molecule has 4 nitrogen and oxygen atoms in total. The minimum absolute atomic E-state index is 0.0419. The number of hydrogen-bond acceptors (Lipinski definition) is 4.